The van der Waals surface area contributed by atoms with E-state index in [1.54, 1.807) is 18.4 Å². The number of nitrogens with zero attached hydrogens (tertiary/aromatic N) is 1. The summed E-state index contributed by atoms with van der Waals surface area (Å²) < 4.78 is 5.06. The van der Waals surface area contributed by atoms with Gasteiger partial charge in [-0.1, -0.05) is 6.07 Å². The van der Waals surface area contributed by atoms with E-state index in [1.807, 2.05) is 23.4 Å². The molecule has 0 fully saturated rings. The molecule has 96 valence electrons. The normalized spacial score (nSPS) is 14.6. The first-order valence-corrected chi connectivity index (χ1v) is 6.24. The Morgan fingerprint density at radius 1 is 1.71 bits per heavy atom. The summed E-state index contributed by atoms with van der Waals surface area (Å²) in [5.74, 6) is 4.94. The quantitative estimate of drug-likeness (QED) is 0.448. The molecule has 0 aliphatic carbocycles. The molecule has 0 saturated carbocycles. The lowest BCUT2D eigenvalue weighted by Gasteiger charge is -2.30. The van der Waals surface area contributed by atoms with Crippen molar-refractivity contribution in [2.75, 3.05) is 20.8 Å². The molecule has 0 bridgehead atoms. The molecule has 1 aromatic rings. The number of hydrogen-bond donors (Lipinski definition) is 2. The second-order valence-electron chi connectivity index (χ2n) is 3.84. The summed E-state index contributed by atoms with van der Waals surface area (Å²) in [6, 6.07) is 3.81. The van der Waals surface area contributed by atoms with Crippen molar-refractivity contribution in [3.05, 3.63) is 22.4 Å². The summed E-state index contributed by atoms with van der Waals surface area (Å²) in [5, 5.41) is 2.02. The van der Waals surface area contributed by atoms with Crippen molar-refractivity contribution in [2.24, 2.45) is 5.84 Å². The highest BCUT2D eigenvalue weighted by Crippen LogP contribution is 2.24. The van der Waals surface area contributed by atoms with Crippen LogP contribution in [0.1, 0.15) is 17.8 Å². The number of likely N-dealkylation sites (N-methyl/N-ethyl adjacent to an activating group) is 1. The molecule has 2 atom stereocenters. The molecule has 0 aliphatic rings. The van der Waals surface area contributed by atoms with Crippen LogP contribution in [0.25, 0.3) is 0 Å². The van der Waals surface area contributed by atoms with Crippen LogP contribution in [0.5, 0.6) is 0 Å². The predicted octanol–water partition coefficient (Wildman–Crippen LogP) is 0.746. The van der Waals surface area contributed by atoms with Crippen LogP contribution in [0.4, 0.5) is 0 Å². The molecule has 0 aromatic carbocycles. The van der Waals surface area contributed by atoms with Crippen molar-refractivity contribution in [1.29, 1.82) is 0 Å². The fraction of sp³-hybridized carbons (Fsp3) is 0.545. The molecular weight excluding hydrogens is 238 g/mol. The van der Waals surface area contributed by atoms with Crippen molar-refractivity contribution in [2.45, 2.75) is 19.0 Å². The SMILES string of the molecule is COCC(C(=O)NN)N(C)C(C)c1cccs1. The van der Waals surface area contributed by atoms with Gasteiger partial charge in [0.15, 0.2) is 0 Å². The lowest BCUT2D eigenvalue weighted by atomic mass is 10.1. The molecule has 17 heavy (non-hydrogen) atoms. The second-order valence-corrected chi connectivity index (χ2v) is 4.82. The van der Waals surface area contributed by atoms with Gasteiger partial charge in [-0.3, -0.25) is 15.1 Å². The van der Waals surface area contributed by atoms with Crippen LogP contribution < -0.4 is 11.3 Å². The maximum absolute atomic E-state index is 11.7. The number of ether oxygens (including phenoxy) is 1. The Morgan fingerprint density at radius 2 is 2.41 bits per heavy atom. The molecule has 3 N–H and O–H groups in total. The van der Waals surface area contributed by atoms with Gasteiger partial charge in [0, 0.05) is 18.0 Å². The Hall–Kier alpha value is -0.950. The molecule has 1 rings (SSSR count). The zero-order chi connectivity index (χ0) is 12.8. The van der Waals surface area contributed by atoms with Crippen LogP contribution in [-0.2, 0) is 9.53 Å². The number of hydrazine groups is 1. The van der Waals surface area contributed by atoms with Gasteiger partial charge in [0.2, 0.25) is 0 Å². The number of rotatable bonds is 6. The lowest BCUT2D eigenvalue weighted by molar-refractivity contribution is -0.128. The van der Waals surface area contributed by atoms with E-state index in [0.29, 0.717) is 6.61 Å². The molecule has 0 radical (unpaired) electrons. The Kier molecular flexibility index (Phi) is 5.57. The third kappa shape index (κ3) is 3.50. The van der Waals surface area contributed by atoms with E-state index in [-0.39, 0.29) is 18.0 Å². The van der Waals surface area contributed by atoms with Crippen LogP contribution in [-0.4, -0.2) is 37.6 Å². The average Bonchev–Trinajstić information content (AvgIpc) is 2.87. The van der Waals surface area contributed by atoms with E-state index >= 15 is 0 Å². The van der Waals surface area contributed by atoms with Crippen LogP contribution >= 0.6 is 11.3 Å². The fourth-order valence-electron chi connectivity index (χ4n) is 1.63. The summed E-state index contributed by atoms with van der Waals surface area (Å²) in [5.41, 5.74) is 2.17. The van der Waals surface area contributed by atoms with Crippen LogP contribution in [0.15, 0.2) is 17.5 Å². The number of nitrogens with two attached hydrogens (primary N) is 1. The van der Waals surface area contributed by atoms with E-state index in [9.17, 15) is 4.79 Å². The van der Waals surface area contributed by atoms with Gasteiger partial charge in [0.1, 0.15) is 6.04 Å². The first kappa shape index (κ1) is 14.1. The number of methoxy groups -OCH3 is 1. The van der Waals surface area contributed by atoms with Crippen LogP contribution in [0.2, 0.25) is 0 Å². The van der Waals surface area contributed by atoms with E-state index in [2.05, 4.69) is 18.4 Å². The maximum atomic E-state index is 11.7. The molecule has 1 amide bonds. The standard InChI is InChI=1S/C11H19N3O2S/c1-8(10-5-4-6-17-10)14(2)9(7-16-3)11(15)13-12/h4-6,8-9H,7,12H2,1-3H3,(H,13,15). The highest BCUT2D eigenvalue weighted by atomic mass is 32.1. The summed E-state index contributed by atoms with van der Waals surface area (Å²) >= 11 is 1.67. The second kappa shape index (κ2) is 6.70. The largest absolute Gasteiger partial charge is 0.383 e. The topological polar surface area (TPSA) is 67.6 Å². The van der Waals surface area contributed by atoms with Gasteiger partial charge in [0.25, 0.3) is 5.91 Å². The predicted molar refractivity (Wildman–Crippen MR) is 68.5 cm³/mol. The third-order valence-corrected chi connectivity index (χ3v) is 3.87. The van der Waals surface area contributed by atoms with Gasteiger partial charge in [0.05, 0.1) is 6.61 Å². The highest BCUT2D eigenvalue weighted by molar-refractivity contribution is 7.10. The van der Waals surface area contributed by atoms with Gasteiger partial charge in [-0.2, -0.15) is 0 Å². The van der Waals surface area contributed by atoms with Crippen molar-refractivity contribution < 1.29 is 9.53 Å². The van der Waals surface area contributed by atoms with Gasteiger partial charge in [-0.25, -0.2) is 5.84 Å². The maximum Gasteiger partial charge on any atom is 0.253 e. The van der Waals surface area contributed by atoms with Crippen molar-refractivity contribution in [3.63, 3.8) is 0 Å². The Morgan fingerprint density at radius 3 is 2.88 bits per heavy atom. The number of carbonyl (C=O) groups excluding carboxylic acids is 1. The monoisotopic (exact) mass is 257 g/mol. The summed E-state index contributed by atoms with van der Waals surface area (Å²) in [6.45, 7) is 2.37. The van der Waals surface area contributed by atoms with Crippen molar-refractivity contribution in [3.8, 4) is 0 Å². The highest BCUT2D eigenvalue weighted by Gasteiger charge is 2.27. The van der Waals surface area contributed by atoms with E-state index < -0.39 is 0 Å². The Balaban J connectivity index is 2.76. The first-order chi connectivity index (χ1) is 8.11. The molecule has 5 nitrogen and oxygen atoms in total. The Labute approximate surface area is 106 Å². The molecule has 1 heterocycles. The van der Waals surface area contributed by atoms with E-state index in [0.717, 1.165) is 0 Å². The first-order valence-electron chi connectivity index (χ1n) is 5.36. The minimum Gasteiger partial charge on any atom is -0.383 e. The number of nitrogens with one attached hydrogen (secondary N) is 1. The van der Waals surface area contributed by atoms with Crippen molar-refractivity contribution in [1.82, 2.24) is 10.3 Å². The summed E-state index contributed by atoms with van der Waals surface area (Å²) in [4.78, 5) is 14.8. The third-order valence-electron chi connectivity index (χ3n) is 2.83. The molecule has 0 spiro atoms. The molecule has 1 aromatic heterocycles. The number of carbonyl (C=O) groups is 1. The van der Waals surface area contributed by atoms with Gasteiger partial charge in [-0.15, -0.1) is 11.3 Å². The van der Waals surface area contributed by atoms with Gasteiger partial charge < -0.3 is 4.74 Å². The van der Waals surface area contributed by atoms with Gasteiger partial charge in [-0.05, 0) is 25.4 Å². The zero-order valence-corrected chi connectivity index (χ0v) is 11.2. The van der Waals surface area contributed by atoms with Crippen LogP contribution in [0, 0.1) is 0 Å². The molecule has 6 heteroatoms. The number of thiophene rings is 1. The molecule has 2 unspecified atom stereocenters. The average molecular weight is 257 g/mol. The smallest absolute Gasteiger partial charge is 0.253 e. The zero-order valence-electron chi connectivity index (χ0n) is 10.3. The Bertz CT molecular complexity index is 342. The minimum absolute atomic E-state index is 0.146. The van der Waals surface area contributed by atoms with Gasteiger partial charge >= 0.3 is 0 Å². The number of amides is 1. The van der Waals surface area contributed by atoms with E-state index in [4.69, 9.17) is 10.6 Å². The van der Waals surface area contributed by atoms with Crippen LogP contribution in [0.3, 0.4) is 0 Å². The lowest BCUT2D eigenvalue weighted by Crippen LogP contribution is -2.50. The molecule has 0 aliphatic heterocycles. The fourth-order valence-corrected chi connectivity index (χ4v) is 2.47. The summed E-state index contributed by atoms with van der Waals surface area (Å²) in [7, 11) is 3.46. The van der Waals surface area contributed by atoms with Crippen molar-refractivity contribution >= 4 is 17.2 Å². The molecular formula is C11H19N3O2S. The minimum atomic E-state index is -0.387. The number of hydrogen-bond acceptors (Lipinski definition) is 5. The summed E-state index contributed by atoms with van der Waals surface area (Å²) in [6.07, 6.45) is 0. The molecule has 0 saturated heterocycles. The van der Waals surface area contributed by atoms with E-state index in [1.165, 1.54) is 4.88 Å².